The standard InChI is InChI=1S/C49H60O4S/c1-46(2,3)35-14-19-38(20-15-35)54(39-21-16-36(17-22-39)47(4,5)6)43-23-18-37(48(7,8)9)27-42(43)53-45(51)41-13-11-10-12-40(41)44(50)52-31-49-28-32-24-33(29-49)26-34(25-32)30-49/h10-23,27,32-34,54H,24-26,28-31H2,1-9H3. The van der Waals surface area contributed by atoms with Crippen LogP contribution in [0.3, 0.4) is 0 Å². The average molecular weight is 745 g/mol. The summed E-state index contributed by atoms with van der Waals surface area (Å²) in [5.74, 6) is 1.85. The molecule has 54 heavy (non-hydrogen) atoms. The second kappa shape index (κ2) is 14.3. The molecule has 0 spiro atoms. The molecular formula is C49H60O4S. The van der Waals surface area contributed by atoms with Crippen molar-refractivity contribution in [3.63, 3.8) is 0 Å². The summed E-state index contributed by atoms with van der Waals surface area (Å²) in [4.78, 5) is 31.5. The summed E-state index contributed by atoms with van der Waals surface area (Å²) >= 11 is 0. The van der Waals surface area contributed by atoms with Crippen LogP contribution in [-0.4, -0.2) is 18.5 Å². The van der Waals surface area contributed by atoms with Gasteiger partial charge in [-0.3, -0.25) is 0 Å². The van der Waals surface area contributed by atoms with Crippen molar-refractivity contribution in [1.82, 2.24) is 0 Å². The van der Waals surface area contributed by atoms with E-state index in [2.05, 4.69) is 123 Å². The first-order valence-electron chi connectivity index (χ1n) is 20.0. The number of thiol groups is 1. The zero-order chi connectivity index (χ0) is 38.6. The Morgan fingerprint density at radius 3 is 1.46 bits per heavy atom. The Labute approximate surface area is 326 Å². The summed E-state index contributed by atoms with van der Waals surface area (Å²) in [5, 5.41) is 0. The number of carbonyl (C=O) groups excluding carboxylic acids is 2. The first-order valence-corrected chi connectivity index (χ1v) is 21.4. The number of rotatable bonds is 8. The molecule has 0 radical (unpaired) electrons. The molecule has 0 aliphatic heterocycles. The van der Waals surface area contributed by atoms with Gasteiger partial charge in [-0.2, -0.15) is 10.9 Å². The van der Waals surface area contributed by atoms with Crippen molar-refractivity contribution in [3.05, 3.63) is 119 Å². The molecular weight excluding hydrogens is 685 g/mol. The molecule has 4 aliphatic rings. The van der Waals surface area contributed by atoms with Crippen LogP contribution >= 0.6 is 10.9 Å². The van der Waals surface area contributed by atoms with Crippen LogP contribution in [0.15, 0.2) is 106 Å². The molecule has 5 heteroatoms. The van der Waals surface area contributed by atoms with Crippen molar-refractivity contribution < 1.29 is 19.1 Å². The molecule has 0 aromatic heterocycles. The Kier molecular flexibility index (Phi) is 10.2. The van der Waals surface area contributed by atoms with Crippen LogP contribution in [0.2, 0.25) is 0 Å². The predicted molar refractivity (Wildman–Crippen MR) is 221 cm³/mol. The summed E-state index contributed by atoms with van der Waals surface area (Å²) in [6, 6.07) is 31.2. The Morgan fingerprint density at radius 2 is 1.02 bits per heavy atom. The van der Waals surface area contributed by atoms with Gasteiger partial charge in [0.1, 0.15) is 5.75 Å². The van der Waals surface area contributed by atoms with E-state index < -0.39 is 22.8 Å². The van der Waals surface area contributed by atoms with Crippen molar-refractivity contribution in [2.45, 2.75) is 132 Å². The van der Waals surface area contributed by atoms with Gasteiger partial charge in [0.05, 0.1) is 17.7 Å². The van der Waals surface area contributed by atoms with E-state index in [0.29, 0.717) is 12.4 Å². The van der Waals surface area contributed by atoms with Crippen LogP contribution in [0.1, 0.15) is 138 Å². The smallest absolute Gasteiger partial charge is 0.344 e. The third-order valence-electron chi connectivity index (χ3n) is 12.3. The van der Waals surface area contributed by atoms with Crippen molar-refractivity contribution in [2.75, 3.05) is 6.61 Å². The minimum atomic E-state index is -1.12. The molecule has 0 N–H and O–H groups in total. The number of hydrogen-bond acceptors (Lipinski definition) is 4. The molecule has 286 valence electrons. The van der Waals surface area contributed by atoms with E-state index in [4.69, 9.17) is 9.47 Å². The molecule has 8 rings (SSSR count). The van der Waals surface area contributed by atoms with Gasteiger partial charge in [0, 0.05) is 10.3 Å². The maximum Gasteiger partial charge on any atom is 0.344 e. The zero-order valence-electron chi connectivity index (χ0n) is 33.9. The van der Waals surface area contributed by atoms with Crippen molar-refractivity contribution in [1.29, 1.82) is 0 Å². The van der Waals surface area contributed by atoms with E-state index in [1.54, 1.807) is 24.3 Å². The van der Waals surface area contributed by atoms with Crippen LogP contribution in [0.25, 0.3) is 0 Å². The summed E-state index contributed by atoms with van der Waals surface area (Å²) in [5.41, 5.74) is 4.06. The topological polar surface area (TPSA) is 52.6 Å². The molecule has 4 fully saturated rings. The lowest BCUT2D eigenvalue weighted by Gasteiger charge is -2.56. The van der Waals surface area contributed by atoms with E-state index in [1.165, 1.54) is 40.2 Å². The van der Waals surface area contributed by atoms with E-state index in [-0.39, 0.29) is 32.8 Å². The molecule has 4 saturated carbocycles. The van der Waals surface area contributed by atoms with E-state index in [0.717, 1.165) is 47.5 Å². The minimum absolute atomic E-state index is 0.0223. The molecule has 4 aromatic carbocycles. The Bertz CT molecular complexity index is 1910. The fourth-order valence-corrected chi connectivity index (χ4v) is 12.0. The van der Waals surface area contributed by atoms with Crippen molar-refractivity contribution >= 4 is 22.8 Å². The summed E-state index contributed by atoms with van der Waals surface area (Å²) in [6.45, 7) is 20.3. The van der Waals surface area contributed by atoms with E-state index in [9.17, 15) is 9.59 Å². The van der Waals surface area contributed by atoms with Gasteiger partial charge in [0.15, 0.2) is 0 Å². The lowest BCUT2D eigenvalue weighted by molar-refractivity contribution is -0.0848. The van der Waals surface area contributed by atoms with Crippen LogP contribution in [0.5, 0.6) is 5.75 Å². The highest BCUT2D eigenvalue weighted by Gasteiger charge is 2.51. The van der Waals surface area contributed by atoms with Gasteiger partial charge < -0.3 is 9.47 Å². The second-order valence-electron chi connectivity index (χ2n) is 19.8. The Balaban J connectivity index is 1.23. The zero-order valence-corrected chi connectivity index (χ0v) is 34.8. The van der Waals surface area contributed by atoms with Crippen LogP contribution in [0.4, 0.5) is 0 Å². The highest BCUT2D eigenvalue weighted by molar-refractivity contribution is 8.17. The molecule has 0 unspecified atom stereocenters. The van der Waals surface area contributed by atoms with Crippen molar-refractivity contribution in [2.24, 2.45) is 23.2 Å². The van der Waals surface area contributed by atoms with Gasteiger partial charge in [-0.05, 0) is 148 Å². The normalized spacial score (nSPS) is 22.5. The highest BCUT2D eigenvalue weighted by atomic mass is 32.2. The third kappa shape index (κ3) is 8.08. The van der Waals surface area contributed by atoms with Crippen LogP contribution < -0.4 is 4.74 Å². The quantitative estimate of drug-likeness (QED) is 0.111. The first-order chi connectivity index (χ1) is 25.4. The second-order valence-corrected chi connectivity index (χ2v) is 22.0. The van der Waals surface area contributed by atoms with Crippen LogP contribution in [-0.2, 0) is 21.0 Å². The fraction of sp³-hybridized carbons (Fsp3) is 0.469. The number of benzene rings is 4. The van der Waals surface area contributed by atoms with Gasteiger partial charge in [0.2, 0.25) is 0 Å². The Hall–Kier alpha value is -3.83. The molecule has 0 atom stereocenters. The van der Waals surface area contributed by atoms with Crippen molar-refractivity contribution in [3.8, 4) is 5.75 Å². The maximum absolute atomic E-state index is 14.4. The first kappa shape index (κ1) is 38.4. The monoisotopic (exact) mass is 744 g/mol. The predicted octanol–water partition coefficient (Wildman–Crippen LogP) is 12.6. The Morgan fingerprint density at radius 1 is 0.593 bits per heavy atom. The molecule has 4 aromatic rings. The minimum Gasteiger partial charge on any atom is -0.461 e. The summed E-state index contributed by atoms with van der Waals surface area (Å²) in [6.07, 6.45) is 7.49. The van der Waals surface area contributed by atoms with E-state index in [1.807, 2.05) is 6.07 Å². The van der Waals surface area contributed by atoms with Gasteiger partial charge in [-0.15, -0.1) is 0 Å². The highest BCUT2D eigenvalue weighted by Crippen LogP contribution is 2.60. The van der Waals surface area contributed by atoms with E-state index >= 15 is 0 Å². The van der Waals surface area contributed by atoms with Gasteiger partial charge >= 0.3 is 11.9 Å². The fourth-order valence-electron chi connectivity index (χ4n) is 9.65. The molecule has 4 aliphatic carbocycles. The maximum atomic E-state index is 14.4. The van der Waals surface area contributed by atoms with Gasteiger partial charge in [-0.25, -0.2) is 9.59 Å². The third-order valence-corrected chi connectivity index (χ3v) is 14.8. The van der Waals surface area contributed by atoms with Crippen LogP contribution in [0, 0.1) is 23.2 Å². The molecule has 4 bridgehead atoms. The largest absolute Gasteiger partial charge is 0.461 e. The lowest BCUT2D eigenvalue weighted by Crippen LogP contribution is -2.48. The van der Waals surface area contributed by atoms with Gasteiger partial charge in [-0.1, -0.05) is 105 Å². The molecule has 0 saturated heterocycles. The number of carbonyl (C=O) groups is 2. The number of ether oxygens (including phenoxy) is 2. The summed E-state index contributed by atoms with van der Waals surface area (Å²) < 4.78 is 12.6. The average Bonchev–Trinajstić information content (AvgIpc) is 3.10. The molecule has 4 nitrogen and oxygen atoms in total. The SMILES string of the molecule is CC(C)(C)c1ccc([SH](c2ccc(C(C)(C)C)cc2)c2ccc(C(C)(C)C)cc2OC(=O)c2ccccc2C(=O)OCC23CC4CC(CC(C4)C2)C3)cc1. The molecule has 0 heterocycles. The number of esters is 2. The number of hydrogen-bond donors (Lipinski definition) is 1. The molecule has 0 amide bonds. The lowest BCUT2D eigenvalue weighted by atomic mass is 9.50. The van der Waals surface area contributed by atoms with Gasteiger partial charge in [0.25, 0.3) is 0 Å². The summed E-state index contributed by atoms with van der Waals surface area (Å²) in [7, 11) is -1.12.